The van der Waals surface area contributed by atoms with E-state index in [4.69, 9.17) is 4.74 Å². The molecule has 2 aromatic carbocycles. The highest BCUT2D eigenvalue weighted by molar-refractivity contribution is 9.26. The van der Waals surface area contributed by atoms with E-state index in [0.717, 1.165) is 16.7 Å². The second kappa shape index (κ2) is 12.9. The maximum absolute atomic E-state index is 14.0. The zero-order valence-corrected chi connectivity index (χ0v) is 27.5. The average molecular weight is 771 g/mol. The lowest BCUT2D eigenvalue weighted by Gasteiger charge is -2.48. The summed E-state index contributed by atoms with van der Waals surface area (Å²) in [7, 11) is 1.75. The van der Waals surface area contributed by atoms with Gasteiger partial charge in [-0.1, -0.05) is 120 Å². The Morgan fingerprint density at radius 1 is 1.20 bits per heavy atom. The molecule has 0 saturated carbocycles. The molecule has 2 aliphatic heterocycles. The minimum atomic E-state index is -0.640. The third-order valence-corrected chi connectivity index (χ3v) is 12.0. The molecular formula is C26H23Br3N6O3S2. The fourth-order valence-electron chi connectivity index (χ4n) is 4.23. The van der Waals surface area contributed by atoms with Crippen molar-refractivity contribution in [1.82, 2.24) is 25.1 Å². The van der Waals surface area contributed by atoms with Gasteiger partial charge in [0.1, 0.15) is 14.3 Å². The van der Waals surface area contributed by atoms with Gasteiger partial charge in [0.2, 0.25) is 5.16 Å². The van der Waals surface area contributed by atoms with Gasteiger partial charge in [-0.05, 0) is 27.1 Å². The van der Waals surface area contributed by atoms with Gasteiger partial charge in [-0.15, -0.1) is 16.9 Å². The zero-order valence-electron chi connectivity index (χ0n) is 21.1. The summed E-state index contributed by atoms with van der Waals surface area (Å²) in [6.07, 6.45) is 1.02. The van der Waals surface area contributed by atoms with E-state index in [0.29, 0.717) is 22.0 Å². The van der Waals surface area contributed by atoms with Gasteiger partial charge in [0, 0.05) is 30.1 Å². The summed E-state index contributed by atoms with van der Waals surface area (Å²) < 4.78 is 7.21. The molecule has 1 aromatic heterocycles. The molecule has 40 heavy (non-hydrogen) atoms. The maximum atomic E-state index is 14.0. The minimum Gasteiger partial charge on any atom is -0.448 e. The molecule has 1 amide bonds. The largest absolute Gasteiger partial charge is 0.448 e. The van der Waals surface area contributed by atoms with Crippen molar-refractivity contribution >= 4 is 89.4 Å². The summed E-state index contributed by atoms with van der Waals surface area (Å²) >= 11 is 13.4. The van der Waals surface area contributed by atoms with Crippen LogP contribution in [0.1, 0.15) is 17.2 Å². The highest BCUT2D eigenvalue weighted by Gasteiger charge is 2.54. The number of benzene rings is 2. The van der Waals surface area contributed by atoms with E-state index < -0.39 is 21.3 Å². The molecule has 0 radical (unpaired) electrons. The predicted molar refractivity (Wildman–Crippen MR) is 167 cm³/mol. The van der Waals surface area contributed by atoms with Crippen LogP contribution in [0.5, 0.6) is 0 Å². The van der Waals surface area contributed by atoms with Crippen molar-refractivity contribution < 1.29 is 14.3 Å². The Morgan fingerprint density at radius 3 is 2.42 bits per heavy atom. The number of β-lactam (4-membered cyclic amide) rings is 1. The van der Waals surface area contributed by atoms with Crippen LogP contribution in [-0.4, -0.2) is 74.7 Å². The molecule has 0 aliphatic carbocycles. The Labute approximate surface area is 265 Å². The van der Waals surface area contributed by atoms with Gasteiger partial charge in [0.05, 0.1) is 0 Å². The molecule has 0 spiro atoms. The molecule has 2 atom stereocenters. The number of rotatable bonds is 10. The van der Waals surface area contributed by atoms with Gasteiger partial charge in [-0.25, -0.2) is 9.48 Å². The predicted octanol–water partition coefficient (Wildman–Crippen LogP) is 5.12. The average Bonchev–Trinajstić information content (AvgIpc) is 3.39. The molecule has 0 N–H and O–H groups in total. The smallest absolute Gasteiger partial charge is 0.356 e. The number of thioether (sulfide) groups is 2. The highest BCUT2D eigenvalue weighted by atomic mass is 79.9. The lowest BCUT2D eigenvalue weighted by atomic mass is 10.0. The third kappa shape index (κ3) is 6.40. The Hall–Kier alpha value is -2.00. The topological polar surface area (TPSA) is 103 Å². The Balaban J connectivity index is 1.47. The molecule has 3 heterocycles. The quantitative estimate of drug-likeness (QED) is 0.0921. The van der Waals surface area contributed by atoms with Crippen LogP contribution < -0.4 is 0 Å². The van der Waals surface area contributed by atoms with Crippen molar-refractivity contribution in [2.24, 2.45) is 12.0 Å². The molecule has 3 aromatic rings. The normalized spacial score (nSPS) is 19.2. The van der Waals surface area contributed by atoms with Gasteiger partial charge in [-0.2, -0.15) is 0 Å². The molecule has 0 bridgehead atoms. The van der Waals surface area contributed by atoms with Crippen molar-refractivity contribution in [3.63, 3.8) is 0 Å². The van der Waals surface area contributed by atoms with E-state index in [2.05, 4.69) is 68.3 Å². The lowest BCUT2D eigenvalue weighted by Crippen LogP contribution is -2.64. The van der Waals surface area contributed by atoms with Crippen LogP contribution in [0.25, 0.3) is 0 Å². The Morgan fingerprint density at radius 2 is 1.85 bits per heavy atom. The summed E-state index contributed by atoms with van der Waals surface area (Å²) in [5.74, 6) is 0.162. The van der Waals surface area contributed by atoms with Crippen LogP contribution >= 0.6 is 71.3 Å². The number of esters is 1. The first-order valence-electron chi connectivity index (χ1n) is 12.1. The number of tetrazole rings is 1. The number of carbonyl (C=O) groups excluding carboxylic acids is 2. The van der Waals surface area contributed by atoms with Gasteiger partial charge >= 0.3 is 5.97 Å². The van der Waals surface area contributed by atoms with Gasteiger partial charge < -0.3 is 4.74 Å². The number of ether oxygens (including phenoxy) is 1. The number of amides is 1. The van der Waals surface area contributed by atoms with E-state index in [9.17, 15) is 9.59 Å². The number of fused-ring (bicyclic) bond motifs is 1. The first-order valence-corrected chi connectivity index (χ1v) is 16.8. The van der Waals surface area contributed by atoms with Crippen molar-refractivity contribution in [1.29, 1.82) is 0 Å². The molecule has 5 rings (SSSR count). The van der Waals surface area contributed by atoms with Crippen LogP contribution in [-0.2, 0) is 21.4 Å². The van der Waals surface area contributed by atoms with E-state index in [1.807, 2.05) is 60.7 Å². The fraction of sp³-hybridized carbons (Fsp3) is 0.308. The number of aromatic nitrogens is 4. The van der Waals surface area contributed by atoms with E-state index in [-0.39, 0.29) is 17.0 Å². The maximum Gasteiger partial charge on any atom is 0.356 e. The molecule has 14 heteroatoms. The molecule has 2 aliphatic rings. The van der Waals surface area contributed by atoms with Gasteiger partial charge in [0.25, 0.3) is 5.91 Å². The van der Waals surface area contributed by atoms with Gasteiger partial charge in [0.15, 0.2) is 12.1 Å². The second-order valence-corrected chi connectivity index (χ2v) is 15.5. The van der Waals surface area contributed by atoms with Crippen molar-refractivity contribution in [3.8, 4) is 0 Å². The molecule has 1 saturated heterocycles. The molecular weight excluding hydrogens is 748 g/mol. The third-order valence-electron chi connectivity index (χ3n) is 6.20. The Kier molecular flexibility index (Phi) is 9.50. The van der Waals surface area contributed by atoms with Crippen LogP contribution in [0.2, 0.25) is 0 Å². The summed E-state index contributed by atoms with van der Waals surface area (Å²) in [6, 6.07) is 18.6. The van der Waals surface area contributed by atoms with E-state index in [1.165, 1.54) is 16.7 Å². The number of aryl methyl sites for hydroxylation is 1. The minimum absolute atomic E-state index is 0.246. The van der Waals surface area contributed by atoms with Crippen LogP contribution in [0.15, 0.2) is 82.1 Å². The second-order valence-electron chi connectivity index (χ2n) is 8.96. The summed E-state index contributed by atoms with van der Waals surface area (Å²) in [4.78, 5) is 33.5. The summed E-state index contributed by atoms with van der Waals surface area (Å²) in [6.45, 7) is 0. The first kappa shape index (κ1) is 29.5. The lowest BCUT2D eigenvalue weighted by molar-refractivity contribution is -0.153. The number of alkyl halides is 3. The summed E-state index contributed by atoms with van der Waals surface area (Å²) in [5.41, 5.74) is 2.72. The molecule has 1 fully saturated rings. The summed E-state index contributed by atoms with van der Waals surface area (Å²) in [5, 5.41) is 12.5. The zero-order chi connectivity index (χ0) is 28.3. The van der Waals surface area contributed by atoms with E-state index >= 15 is 0 Å². The van der Waals surface area contributed by atoms with Gasteiger partial charge in [-0.3, -0.25) is 14.7 Å². The number of nitrogens with zero attached hydrogens (tertiary/aromatic N) is 6. The number of hydrogen-bond donors (Lipinski definition) is 0. The first-order chi connectivity index (χ1) is 19.3. The number of hydrogen-bond acceptors (Lipinski definition) is 9. The van der Waals surface area contributed by atoms with Crippen molar-refractivity contribution in [2.45, 2.75) is 25.9 Å². The fourth-order valence-corrected chi connectivity index (χ4v) is 6.94. The van der Waals surface area contributed by atoms with E-state index in [1.54, 1.807) is 29.7 Å². The SMILES string of the molecule is Cn1nnnc1SCC1=C(C(=O)OC(c2ccccc2)c2ccccc2)N2C(=O)[C@@H](N=CC(Br)(Br)CBr)[C@H]2SC1. The molecule has 9 nitrogen and oxygen atoms in total. The molecule has 0 unspecified atom stereocenters. The molecule has 208 valence electrons. The number of aliphatic imine (C=N–C) groups is 1. The Bertz CT molecular complexity index is 1400. The van der Waals surface area contributed by atoms with Crippen molar-refractivity contribution in [3.05, 3.63) is 83.1 Å². The van der Waals surface area contributed by atoms with Crippen LogP contribution in [0, 0.1) is 0 Å². The van der Waals surface area contributed by atoms with Crippen LogP contribution in [0.4, 0.5) is 0 Å². The number of carbonyl (C=O) groups is 2. The standard InChI is InChI=1S/C26H23Br3N6O3S2/c1-34-25(31-32-33-34)40-13-18-12-39-23-19(30-15-26(28,29)14-27)22(36)35(23)20(18)24(37)38-21(16-8-4-2-5-9-16)17-10-6-3-7-11-17/h2-11,15,19,21,23H,12-14H2,1H3/t19-,23-/m1/s1. The highest BCUT2D eigenvalue weighted by Crippen LogP contribution is 2.44. The van der Waals surface area contributed by atoms with Crippen LogP contribution in [0.3, 0.4) is 0 Å². The monoisotopic (exact) mass is 768 g/mol. The number of halogens is 3. The van der Waals surface area contributed by atoms with Crippen molar-refractivity contribution in [2.75, 3.05) is 16.8 Å².